The molecule has 0 spiro atoms. The molecular formula is C7H10N2S3. The Bertz CT molecular complexity index is 269. The summed E-state index contributed by atoms with van der Waals surface area (Å²) in [6.45, 7) is 2.13. The summed E-state index contributed by atoms with van der Waals surface area (Å²) in [5.41, 5.74) is 5.45. The maximum atomic E-state index is 5.45. The van der Waals surface area contributed by atoms with Gasteiger partial charge in [0.1, 0.15) is 10.00 Å². The van der Waals surface area contributed by atoms with Gasteiger partial charge in [0.05, 0.1) is 4.88 Å². The van der Waals surface area contributed by atoms with E-state index in [0.717, 1.165) is 21.4 Å². The fourth-order valence-corrected chi connectivity index (χ4v) is 2.36. The second-order valence-electron chi connectivity index (χ2n) is 2.12. The first-order chi connectivity index (χ1) is 5.74. The van der Waals surface area contributed by atoms with Crippen LogP contribution < -0.4 is 5.73 Å². The van der Waals surface area contributed by atoms with Gasteiger partial charge in [0, 0.05) is 11.9 Å². The lowest BCUT2D eigenvalue weighted by molar-refractivity contribution is 1.26. The molecule has 0 saturated heterocycles. The maximum Gasteiger partial charge on any atom is 0.115 e. The van der Waals surface area contributed by atoms with Crippen LogP contribution in [0.25, 0.3) is 0 Å². The van der Waals surface area contributed by atoms with E-state index >= 15 is 0 Å². The van der Waals surface area contributed by atoms with Crippen LogP contribution in [0.2, 0.25) is 0 Å². The molecule has 0 fully saturated rings. The fraction of sp³-hybridized carbons (Fsp3) is 0.429. The lowest BCUT2D eigenvalue weighted by Gasteiger charge is -1.91. The number of hydrogen-bond donors (Lipinski definition) is 1. The topological polar surface area (TPSA) is 38.9 Å². The third kappa shape index (κ3) is 2.73. The molecule has 1 aromatic heterocycles. The third-order valence-corrected chi connectivity index (χ3v) is 3.67. The number of thioether (sulfide) groups is 1. The van der Waals surface area contributed by atoms with Crippen LogP contribution in [0.4, 0.5) is 0 Å². The normalized spacial score (nSPS) is 10.1. The van der Waals surface area contributed by atoms with Crippen molar-refractivity contribution in [2.75, 3.05) is 5.75 Å². The van der Waals surface area contributed by atoms with E-state index in [4.69, 9.17) is 18.0 Å². The summed E-state index contributed by atoms with van der Waals surface area (Å²) in [5.74, 6) is 2.08. The Kier molecular flexibility index (Phi) is 3.97. The van der Waals surface area contributed by atoms with Gasteiger partial charge in [0.15, 0.2) is 0 Å². The van der Waals surface area contributed by atoms with Crippen molar-refractivity contribution in [3.63, 3.8) is 0 Å². The molecule has 0 unspecified atom stereocenters. The number of nitrogens with zero attached hydrogens (tertiary/aromatic N) is 1. The summed E-state index contributed by atoms with van der Waals surface area (Å²) in [6, 6.07) is 0. The van der Waals surface area contributed by atoms with Crippen molar-refractivity contribution < 1.29 is 0 Å². The van der Waals surface area contributed by atoms with E-state index in [1.165, 1.54) is 0 Å². The molecule has 12 heavy (non-hydrogen) atoms. The monoisotopic (exact) mass is 218 g/mol. The molecule has 0 atom stereocenters. The highest BCUT2D eigenvalue weighted by molar-refractivity contribution is 7.98. The Balaban J connectivity index is 2.58. The van der Waals surface area contributed by atoms with Crippen LogP contribution in [0.15, 0.2) is 6.20 Å². The minimum atomic E-state index is 0.445. The molecule has 0 aliphatic carbocycles. The van der Waals surface area contributed by atoms with Crippen LogP contribution in [0.5, 0.6) is 0 Å². The Morgan fingerprint density at radius 1 is 1.83 bits per heavy atom. The van der Waals surface area contributed by atoms with Crippen LogP contribution in [-0.2, 0) is 5.75 Å². The fourth-order valence-electron chi connectivity index (χ4n) is 0.680. The smallest absolute Gasteiger partial charge is 0.115 e. The average Bonchev–Trinajstić information content (AvgIpc) is 2.48. The molecule has 0 aliphatic rings. The lowest BCUT2D eigenvalue weighted by Crippen LogP contribution is -2.06. The quantitative estimate of drug-likeness (QED) is 0.785. The summed E-state index contributed by atoms with van der Waals surface area (Å²) >= 11 is 8.26. The van der Waals surface area contributed by atoms with Gasteiger partial charge in [-0.05, 0) is 5.75 Å². The molecule has 0 saturated carbocycles. The van der Waals surface area contributed by atoms with Gasteiger partial charge in [-0.2, -0.15) is 11.8 Å². The highest BCUT2D eigenvalue weighted by Gasteiger charge is 2.02. The van der Waals surface area contributed by atoms with Gasteiger partial charge in [-0.15, -0.1) is 11.3 Å². The molecule has 2 nitrogen and oxygen atoms in total. The SMILES string of the molecule is CCSCc1ncc(C(N)=S)s1. The Morgan fingerprint density at radius 2 is 2.58 bits per heavy atom. The van der Waals surface area contributed by atoms with E-state index in [1.807, 2.05) is 11.8 Å². The molecule has 0 aromatic carbocycles. The standard InChI is InChI=1S/C7H10N2S3/c1-2-11-4-6-9-3-5(12-6)7(8)10/h3H,2,4H2,1H3,(H2,8,10). The molecule has 1 rings (SSSR count). The number of aromatic nitrogens is 1. The van der Waals surface area contributed by atoms with Crippen molar-refractivity contribution in [3.05, 3.63) is 16.1 Å². The third-order valence-electron chi connectivity index (χ3n) is 1.23. The summed E-state index contributed by atoms with van der Waals surface area (Å²) in [5, 5.41) is 1.10. The molecule has 0 radical (unpaired) electrons. The highest BCUT2D eigenvalue weighted by atomic mass is 32.2. The second-order valence-corrected chi connectivity index (χ2v) is 4.95. The van der Waals surface area contributed by atoms with Crippen molar-refractivity contribution in [2.24, 2.45) is 5.73 Å². The lowest BCUT2D eigenvalue weighted by atomic mass is 10.6. The van der Waals surface area contributed by atoms with E-state index in [0.29, 0.717) is 4.99 Å². The number of thiocarbonyl (C=S) groups is 1. The molecular weight excluding hydrogens is 208 g/mol. The predicted molar refractivity (Wildman–Crippen MR) is 59.8 cm³/mol. The van der Waals surface area contributed by atoms with Gasteiger partial charge in [0.2, 0.25) is 0 Å². The average molecular weight is 218 g/mol. The predicted octanol–water partition coefficient (Wildman–Crippen LogP) is 2.03. The molecule has 0 amide bonds. The zero-order valence-electron chi connectivity index (χ0n) is 6.74. The van der Waals surface area contributed by atoms with Crippen molar-refractivity contribution in [1.29, 1.82) is 0 Å². The second kappa shape index (κ2) is 4.79. The van der Waals surface area contributed by atoms with Gasteiger partial charge < -0.3 is 5.73 Å². The van der Waals surface area contributed by atoms with Crippen LogP contribution in [0.1, 0.15) is 16.8 Å². The molecule has 5 heteroatoms. The van der Waals surface area contributed by atoms with Gasteiger partial charge >= 0.3 is 0 Å². The van der Waals surface area contributed by atoms with Crippen molar-refractivity contribution in [3.8, 4) is 0 Å². The largest absolute Gasteiger partial charge is 0.389 e. The molecule has 2 N–H and O–H groups in total. The van der Waals surface area contributed by atoms with Gasteiger partial charge in [-0.3, -0.25) is 0 Å². The zero-order valence-corrected chi connectivity index (χ0v) is 9.19. The summed E-state index contributed by atoms with van der Waals surface area (Å²) in [4.78, 5) is 5.56. The first-order valence-electron chi connectivity index (χ1n) is 3.56. The first-order valence-corrected chi connectivity index (χ1v) is 5.94. The van der Waals surface area contributed by atoms with E-state index in [1.54, 1.807) is 17.5 Å². The first kappa shape index (κ1) is 9.95. The van der Waals surface area contributed by atoms with E-state index < -0.39 is 0 Å². The molecule has 0 bridgehead atoms. The van der Waals surface area contributed by atoms with Gasteiger partial charge in [-0.1, -0.05) is 19.1 Å². The van der Waals surface area contributed by atoms with Crippen molar-refractivity contribution >= 4 is 40.3 Å². The number of nitrogens with two attached hydrogens (primary N) is 1. The molecule has 1 aromatic rings. The van der Waals surface area contributed by atoms with Gasteiger partial charge in [0.25, 0.3) is 0 Å². The number of hydrogen-bond acceptors (Lipinski definition) is 4. The minimum Gasteiger partial charge on any atom is -0.389 e. The number of thiazole rings is 1. The van der Waals surface area contributed by atoms with Crippen LogP contribution in [0.3, 0.4) is 0 Å². The van der Waals surface area contributed by atoms with E-state index in [2.05, 4.69) is 11.9 Å². The van der Waals surface area contributed by atoms with Crippen molar-refractivity contribution in [1.82, 2.24) is 4.98 Å². The summed E-state index contributed by atoms with van der Waals surface area (Å²) < 4.78 is 0. The van der Waals surface area contributed by atoms with Crippen LogP contribution >= 0.6 is 35.3 Å². The van der Waals surface area contributed by atoms with E-state index in [-0.39, 0.29) is 0 Å². The van der Waals surface area contributed by atoms with Crippen molar-refractivity contribution in [2.45, 2.75) is 12.7 Å². The highest BCUT2D eigenvalue weighted by Crippen LogP contribution is 2.18. The summed E-state index contributed by atoms with van der Waals surface area (Å²) in [6.07, 6.45) is 1.75. The molecule has 1 heterocycles. The summed E-state index contributed by atoms with van der Waals surface area (Å²) in [7, 11) is 0. The molecule has 0 aliphatic heterocycles. The number of rotatable bonds is 4. The Hall–Kier alpha value is -0.130. The van der Waals surface area contributed by atoms with Gasteiger partial charge in [-0.25, -0.2) is 4.98 Å². The Labute approximate surface area is 85.6 Å². The minimum absolute atomic E-state index is 0.445. The molecule has 66 valence electrons. The van der Waals surface area contributed by atoms with Crippen LogP contribution in [0, 0.1) is 0 Å². The van der Waals surface area contributed by atoms with Crippen LogP contribution in [-0.4, -0.2) is 15.7 Å². The Morgan fingerprint density at radius 3 is 3.08 bits per heavy atom. The van der Waals surface area contributed by atoms with E-state index in [9.17, 15) is 0 Å². The maximum absolute atomic E-state index is 5.45. The zero-order chi connectivity index (χ0) is 8.97.